The molecule has 1 N–H and O–H groups in total. The van der Waals surface area contributed by atoms with Gasteiger partial charge in [0.1, 0.15) is 11.5 Å². The zero-order valence-electron chi connectivity index (χ0n) is 12.6. The third-order valence-electron chi connectivity index (χ3n) is 4.78. The monoisotopic (exact) mass is 276 g/mol. The number of anilines is 1. The Morgan fingerprint density at radius 3 is 2.00 bits per heavy atom. The van der Waals surface area contributed by atoms with Crippen LogP contribution in [-0.2, 0) is 0 Å². The van der Waals surface area contributed by atoms with Gasteiger partial charge >= 0.3 is 0 Å². The molecule has 0 aromatic heterocycles. The first-order valence-electron chi connectivity index (χ1n) is 7.43. The number of hydrogen-bond acceptors (Lipinski definition) is 4. The molecule has 0 radical (unpaired) electrons. The lowest BCUT2D eigenvalue weighted by Crippen LogP contribution is -2.48. The van der Waals surface area contributed by atoms with Gasteiger partial charge in [-0.3, -0.25) is 0 Å². The first kappa shape index (κ1) is 13.6. The summed E-state index contributed by atoms with van der Waals surface area (Å²) in [5.74, 6) is 1.74. The van der Waals surface area contributed by atoms with Crippen LogP contribution in [0.25, 0.3) is 0 Å². The summed E-state index contributed by atoms with van der Waals surface area (Å²) in [5, 5.41) is 3.45. The van der Waals surface area contributed by atoms with Crippen molar-refractivity contribution >= 4 is 5.69 Å². The van der Waals surface area contributed by atoms with Gasteiger partial charge in [0.05, 0.1) is 14.2 Å². The predicted molar refractivity (Wildman–Crippen MR) is 80.9 cm³/mol. The molecule has 20 heavy (non-hydrogen) atoms. The predicted octanol–water partition coefficient (Wildman–Crippen LogP) is 2.42. The maximum Gasteiger partial charge on any atom is 0.124 e. The Labute approximate surface area is 121 Å². The lowest BCUT2D eigenvalue weighted by molar-refractivity contribution is 0.370. The number of nitrogens with zero attached hydrogens (tertiary/aromatic N) is 1. The minimum atomic E-state index is 0.642. The number of hydrogen-bond donors (Lipinski definition) is 1. The number of rotatable bonds is 4. The number of methoxy groups -OCH3 is 2. The van der Waals surface area contributed by atoms with E-state index in [1.807, 2.05) is 6.07 Å². The van der Waals surface area contributed by atoms with Crippen LogP contribution in [0.4, 0.5) is 5.69 Å². The average molecular weight is 276 g/mol. The molecule has 2 heterocycles. The fourth-order valence-corrected chi connectivity index (χ4v) is 3.78. The van der Waals surface area contributed by atoms with Crippen molar-refractivity contribution in [3.05, 3.63) is 18.2 Å². The van der Waals surface area contributed by atoms with Crippen LogP contribution in [0.15, 0.2) is 18.2 Å². The smallest absolute Gasteiger partial charge is 0.124 e. The molecule has 2 saturated heterocycles. The molecule has 2 bridgehead atoms. The second-order valence-corrected chi connectivity index (χ2v) is 5.82. The average Bonchev–Trinajstić information content (AvgIpc) is 2.76. The van der Waals surface area contributed by atoms with E-state index in [2.05, 4.69) is 29.4 Å². The molecule has 4 nitrogen and oxygen atoms in total. The Bertz CT molecular complexity index is 441. The SMILES string of the molecule is CNC1CC2CCC(C1)N2c1cc(OC)cc(OC)c1. The molecule has 2 aliphatic heterocycles. The van der Waals surface area contributed by atoms with Crippen molar-refractivity contribution in [1.29, 1.82) is 0 Å². The number of fused-ring (bicyclic) bond motifs is 2. The van der Waals surface area contributed by atoms with E-state index in [0.717, 1.165) is 11.5 Å². The molecule has 1 aromatic carbocycles. The van der Waals surface area contributed by atoms with E-state index in [9.17, 15) is 0 Å². The molecule has 2 fully saturated rings. The van der Waals surface area contributed by atoms with Crippen LogP contribution in [-0.4, -0.2) is 39.4 Å². The van der Waals surface area contributed by atoms with E-state index in [1.165, 1.54) is 31.4 Å². The van der Waals surface area contributed by atoms with Crippen molar-refractivity contribution in [2.45, 2.75) is 43.8 Å². The van der Waals surface area contributed by atoms with Crippen molar-refractivity contribution in [3.63, 3.8) is 0 Å². The molecule has 0 aliphatic carbocycles. The summed E-state index contributed by atoms with van der Waals surface area (Å²) in [4.78, 5) is 2.58. The highest BCUT2D eigenvalue weighted by Gasteiger charge is 2.40. The summed E-state index contributed by atoms with van der Waals surface area (Å²) < 4.78 is 10.8. The Kier molecular flexibility index (Phi) is 3.74. The second kappa shape index (κ2) is 5.52. The van der Waals surface area contributed by atoms with E-state index in [4.69, 9.17) is 9.47 Å². The van der Waals surface area contributed by atoms with Gasteiger partial charge in [-0.25, -0.2) is 0 Å². The first-order valence-corrected chi connectivity index (χ1v) is 7.43. The number of nitrogens with one attached hydrogen (secondary N) is 1. The van der Waals surface area contributed by atoms with Crippen LogP contribution in [0.5, 0.6) is 11.5 Å². The summed E-state index contributed by atoms with van der Waals surface area (Å²) in [5.41, 5.74) is 1.24. The third-order valence-corrected chi connectivity index (χ3v) is 4.78. The van der Waals surface area contributed by atoms with Crippen molar-refractivity contribution < 1.29 is 9.47 Å². The van der Waals surface area contributed by atoms with Crippen LogP contribution in [0.1, 0.15) is 25.7 Å². The normalized spacial score (nSPS) is 28.6. The van der Waals surface area contributed by atoms with Gasteiger partial charge in [-0.15, -0.1) is 0 Å². The first-order chi connectivity index (χ1) is 9.75. The quantitative estimate of drug-likeness (QED) is 0.916. The highest BCUT2D eigenvalue weighted by molar-refractivity contribution is 5.58. The van der Waals surface area contributed by atoms with Crippen LogP contribution >= 0.6 is 0 Å². The highest BCUT2D eigenvalue weighted by Crippen LogP contribution is 2.41. The molecule has 3 rings (SSSR count). The van der Waals surface area contributed by atoms with Crippen molar-refractivity contribution in [2.75, 3.05) is 26.2 Å². The van der Waals surface area contributed by atoms with Gasteiger partial charge < -0.3 is 19.7 Å². The van der Waals surface area contributed by atoms with Gasteiger partial charge in [0.25, 0.3) is 0 Å². The largest absolute Gasteiger partial charge is 0.497 e. The minimum absolute atomic E-state index is 0.642. The van der Waals surface area contributed by atoms with Gasteiger partial charge in [0, 0.05) is 42.0 Å². The maximum absolute atomic E-state index is 5.40. The van der Waals surface area contributed by atoms with Gasteiger partial charge in [-0.05, 0) is 32.7 Å². The second-order valence-electron chi connectivity index (χ2n) is 5.82. The summed E-state index contributed by atoms with van der Waals surface area (Å²) in [6, 6.07) is 8.15. The van der Waals surface area contributed by atoms with E-state index in [-0.39, 0.29) is 0 Å². The van der Waals surface area contributed by atoms with Gasteiger partial charge in [0.2, 0.25) is 0 Å². The zero-order valence-corrected chi connectivity index (χ0v) is 12.6. The van der Waals surface area contributed by atoms with Gasteiger partial charge in [-0.2, -0.15) is 0 Å². The summed E-state index contributed by atoms with van der Waals surface area (Å²) in [6.45, 7) is 0. The molecule has 2 aliphatic rings. The lowest BCUT2D eigenvalue weighted by atomic mass is 9.96. The number of ether oxygens (including phenoxy) is 2. The topological polar surface area (TPSA) is 33.7 Å². The van der Waals surface area contributed by atoms with Crippen LogP contribution in [0.2, 0.25) is 0 Å². The van der Waals surface area contributed by atoms with Crippen LogP contribution in [0, 0.1) is 0 Å². The molecule has 4 heteroatoms. The Hall–Kier alpha value is -1.42. The molecule has 2 atom stereocenters. The molecule has 0 spiro atoms. The van der Waals surface area contributed by atoms with Gasteiger partial charge in [0.15, 0.2) is 0 Å². The standard InChI is InChI=1S/C16H24N2O2/c1-17-11-6-12-4-5-13(7-11)18(12)14-8-15(19-2)10-16(9-14)20-3/h8-13,17H,4-7H2,1-3H3. The molecule has 0 amide bonds. The molecular formula is C16H24N2O2. The lowest BCUT2D eigenvalue weighted by Gasteiger charge is -2.40. The Balaban J connectivity index is 1.90. The summed E-state index contributed by atoms with van der Waals surface area (Å²) >= 11 is 0. The summed E-state index contributed by atoms with van der Waals surface area (Å²) in [7, 11) is 5.50. The van der Waals surface area contributed by atoms with Gasteiger partial charge in [-0.1, -0.05) is 0 Å². The number of benzene rings is 1. The molecular weight excluding hydrogens is 252 g/mol. The van der Waals surface area contributed by atoms with E-state index < -0.39 is 0 Å². The molecule has 0 saturated carbocycles. The van der Waals surface area contributed by atoms with E-state index in [1.54, 1.807) is 14.2 Å². The van der Waals surface area contributed by atoms with E-state index in [0.29, 0.717) is 18.1 Å². The number of piperidine rings is 1. The maximum atomic E-state index is 5.40. The van der Waals surface area contributed by atoms with Crippen molar-refractivity contribution in [1.82, 2.24) is 5.32 Å². The molecule has 110 valence electrons. The minimum Gasteiger partial charge on any atom is -0.497 e. The highest BCUT2D eigenvalue weighted by atomic mass is 16.5. The Morgan fingerprint density at radius 1 is 1.00 bits per heavy atom. The fraction of sp³-hybridized carbons (Fsp3) is 0.625. The Morgan fingerprint density at radius 2 is 1.55 bits per heavy atom. The summed E-state index contributed by atoms with van der Waals surface area (Å²) in [6.07, 6.45) is 5.05. The third kappa shape index (κ3) is 2.33. The van der Waals surface area contributed by atoms with E-state index >= 15 is 0 Å². The van der Waals surface area contributed by atoms with Crippen molar-refractivity contribution in [3.8, 4) is 11.5 Å². The zero-order chi connectivity index (χ0) is 14.1. The molecule has 2 unspecified atom stereocenters. The van der Waals surface area contributed by atoms with Crippen molar-refractivity contribution in [2.24, 2.45) is 0 Å². The molecule has 1 aromatic rings. The van der Waals surface area contributed by atoms with Crippen LogP contribution in [0.3, 0.4) is 0 Å². The fourth-order valence-electron chi connectivity index (χ4n) is 3.78. The van der Waals surface area contributed by atoms with Crippen LogP contribution < -0.4 is 19.7 Å².